The van der Waals surface area contributed by atoms with Crippen LogP contribution in [-0.4, -0.2) is 44.0 Å². The lowest BCUT2D eigenvalue weighted by atomic mass is 10.0. The number of hydrogen-bond donors (Lipinski definition) is 0. The summed E-state index contributed by atoms with van der Waals surface area (Å²) in [5, 5.41) is 27.3. The van der Waals surface area contributed by atoms with Gasteiger partial charge in [0.25, 0.3) is 0 Å². The van der Waals surface area contributed by atoms with Gasteiger partial charge in [-0.05, 0) is 32.9 Å². The van der Waals surface area contributed by atoms with Gasteiger partial charge in [0.15, 0.2) is 6.04 Å². The van der Waals surface area contributed by atoms with E-state index in [0.29, 0.717) is 18.7 Å². The molecule has 0 aliphatic carbocycles. The number of aromatic nitrogens is 2. The Morgan fingerprint density at radius 2 is 1.76 bits per heavy atom. The Balaban J connectivity index is 2.07. The molecule has 1 saturated heterocycles. The molecule has 2 aromatic rings. The summed E-state index contributed by atoms with van der Waals surface area (Å²) in [6.45, 7) is 2.58. The van der Waals surface area contributed by atoms with Crippen molar-refractivity contribution in [3.8, 4) is 11.4 Å². The van der Waals surface area contributed by atoms with Crippen LogP contribution in [0, 0.1) is 20.2 Å². The minimum absolute atomic E-state index is 0.0808. The molecule has 1 fully saturated rings. The van der Waals surface area contributed by atoms with Gasteiger partial charge in [0.1, 0.15) is 9.85 Å². The number of rotatable bonds is 6. The monoisotopic (exact) mass is 347 g/mol. The van der Waals surface area contributed by atoms with Crippen LogP contribution in [0.4, 0.5) is 0 Å². The first-order valence-corrected chi connectivity index (χ1v) is 7.90. The summed E-state index contributed by atoms with van der Waals surface area (Å²) in [5.74, 6) is -0.530. The summed E-state index contributed by atoms with van der Waals surface area (Å²) in [7, 11) is 0. The average molecular weight is 347 g/mol. The van der Waals surface area contributed by atoms with E-state index >= 15 is 0 Å². The van der Waals surface area contributed by atoms with Gasteiger partial charge in [0, 0.05) is 5.56 Å². The maximum absolute atomic E-state index is 11.8. The summed E-state index contributed by atoms with van der Waals surface area (Å²) in [5.41, 5.74) is -2.14. The molecule has 132 valence electrons. The van der Waals surface area contributed by atoms with E-state index in [1.807, 2.05) is 0 Å². The molecule has 0 bridgehead atoms. The third-order valence-electron chi connectivity index (χ3n) is 4.60. The first-order chi connectivity index (χ1) is 12.0. The van der Waals surface area contributed by atoms with Crippen LogP contribution in [0.15, 0.2) is 34.9 Å². The van der Waals surface area contributed by atoms with Gasteiger partial charge in [0.2, 0.25) is 5.82 Å². The van der Waals surface area contributed by atoms with E-state index in [1.54, 1.807) is 35.2 Å². The number of likely N-dealkylation sites (tertiary alicyclic amines) is 1. The average Bonchev–Trinajstić information content (AvgIpc) is 3.28. The molecule has 1 aliphatic rings. The second kappa shape index (κ2) is 6.55. The lowest BCUT2D eigenvalue weighted by molar-refractivity contribution is -0.820. The fourth-order valence-corrected chi connectivity index (χ4v) is 3.17. The standard InChI is InChI=1S/C15H17N5O5/c1-11(18-9-5-6-10-18)15(19(21)22,20(23)24)14-16-13(17-25-14)12-7-3-2-4-8-12/h2-4,7-8,11H,5-6,9-10H2,1H3. The lowest BCUT2D eigenvalue weighted by Gasteiger charge is -2.27. The fraction of sp³-hybridized carbons (Fsp3) is 0.467. The van der Waals surface area contributed by atoms with Gasteiger partial charge < -0.3 is 4.52 Å². The second-order valence-corrected chi connectivity index (χ2v) is 5.95. The molecule has 0 spiro atoms. The summed E-state index contributed by atoms with van der Waals surface area (Å²) < 4.78 is 5.02. The van der Waals surface area contributed by atoms with Gasteiger partial charge in [-0.2, -0.15) is 4.98 Å². The van der Waals surface area contributed by atoms with E-state index in [9.17, 15) is 20.2 Å². The molecule has 1 atom stereocenters. The Morgan fingerprint density at radius 1 is 1.16 bits per heavy atom. The lowest BCUT2D eigenvalue weighted by Crippen LogP contribution is -2.58. The third kappa shape index (κ3) is 2.74. The molecular formula is C15H17N5O5. The first kappa shape index (κ1) is 17.0. The summed E-state index contributed by atoms with van der Waals surface area (Å²) in [6.07, 6.45) is 1.68. The van der Waals surface area contributed by atoms with E-state index in [-0.39, 0.29) is 5.82 Å². The molecule has 0 saturated carbocycles. The Bertz CT molecular complexity index is 758. The van der Waals surface area contributed by atoms with Crippen LogP contribution < -0.4 is 0 Å². The molecule has 1 unspecified atom stereocenters. The smallest absolute Gasteiger partial charge is 0.322 e. The van der Waals surface area contributed by atoms with Crippen LogP contribution in [0.5, 0.6) is 0 Å². The van der Waals surface area contributed by atoms with Gasteiger partial charge in [-0.1, -0.05) is 35.5 Å². The molecule has 10 heteroatoms. The number of hydrogen-bond acceptors (Lipinski definition) is 8. The summed E-state index contributed by atoms with van der Waals surface area (Å²) >= 11 is 0. The van der Waals surface area contributed by atoms with Crippen molar-refractivity contribution in [2.24, 2.45) is 0 Å². The van der Waals surface area contributed by atoms with Gasteiger partial charge in [-0.3, -0.25) is 25.1 Å². The van der Waals surface area contributed by atoms with E-state index in [0.717, 1.165) is 12.8 Å². The Morgan fingerprint density at radius 3 is 2.32 bits per heavy atom. The Hall–Kier alpha value is -2.88. The van der Waals surface area contributed by atoms with Gasteiger partial charge in [-0.25, -0.2) is 0 Å². The Labute approximate surface area is 142 Å². The van der Waals surface area contributed by atoms with Gasteiger partial charge in [-0.15, -0.1) is 0 Å². The second-order valence-electron chi connectivity index (χ2n) is 5.95. The van der Waals surface area contributed by atoms with Crippen molar-refractivity contribution in [2.45, 2.75) is 31.5 Å². The molecule has 3 rings (SSSR count). The normalized spacial score (nSPS) is 16.7. The highest BCUT2D eigenvalue weighted by Gasteiger charge is 2.69. The highest BCUT2D eigenvalue weighted by Crippen LogP contribution is 2.34. The highest BCUT2D eigenvalue weighted by molar-refractivity contribution is 5.53. The molecule has 2 heterocycles. The number of benzene rings is 1. The van der Waals surface area contributed by atoms with Crippen molar-refractivity contribution in [3.05, 3.63) is 56.5 Å². The summed E-state index contributed by atoms with van der Waals surface area (Å²) in [4.78, 5) is 27.5. The Kier molecular flexibility index (Phi) is 4.45. The molecule has 1 aromatic carbocycles. The summed E-state index contributed by atoms with van der Waals surface area (Å²) in [6, 6.07) is 7.64. The quantitative estimate of drug-likeness (QED) is 0.440. The zero-order valence-electron chi connectivity index (χ0n) is 13.6. The van der Waals surface area contributed by atoms with Crippen molar-refractivity contribution in [3.63, 3.8) is 0 Å². The van der Waals surface area contributed by atoms with Crippen LogP contribution >= 0.6 is 0 Å². The van der Waals surface area contributed by atoms with Gasteiger partial charge >= 0.3 is 11.6 Å². The van der Waals surface area contributed by atoms with Crippen molar-refractivity contribution < 1.29 is 14.4 Å². The largest absolute Gasteiger partial charge is 0.549 e. The first-order valence-electron chi connectivity index (χ1n) is 7.90. The van der Waals surface area contributed by atoms with Crippen molar-refractivity contribution in [1.82, 2.24) is 15.0 Å². The predicted octanol–water partition coefficient (Wildman–Crippen LogP) is 1.93. The molecule has 10 nitrogen and oxygen atoms in total. The molecule has 0 N–H and O–H groups in total. The van der Waals surface area contributed by atoms with Gasteiger partial charge in [0.05, 0.1) is 0 Å². The SMILES string of the molecule is CC(N1CCCC1)C(c1nc(-c2ccccc2)no1)([N+](=O)[O-])[N+](=O)[O-]. The number of nitro groups is 2. The molecule has 25 heavy (non-hydrogen) atoms. The topological polar surface area (TPSA) is 128 Å². The maximum atomic E-state index is 11.8. The zero-order chi connectivity index (χ0) is 18.0. The molecule has 0 radical (unpaired) electrons. The van der Waals surface area contributed by atoms with Crippen LogP contribution in [0.25, 0.3) is 11.4 Å². The van der Waals surface area contributed by atoms with Crippen molar-refractivity contribution >= 4 is 0 Å². The molecule has 0 amide bonds. The van der Waals surface area contributed by atoms with Crippen LogP contribution in [0.3, 0.4) is 0 Å². The van der Waals surface area contributed by atoms with E-state index < -0.39 is 27.4 Å². The minimum atomic E-state index is -2.70. The molecule has 1 aliphatic heterocycles. The van der Waals surface area contributed by atoms with E-state index in [4.69, 9.17) is 4.52 Å². The highest BCUT2D eigenvalue weighted by atomic mass is 16.7. The molecular weight excluding hydrogens is 330 g/mol. The predicted molar refractivity (Wildman–Crippen MR) is 85.7 cm³/mol. The van der Waals surface area contributed by atoms with Crippen molar-refractivity contribution in [1.29, 1.82) is 0 Å². The number of nitrogens with zero attached hydrogens (tertiary/aromatic N) is 5. The van der Waals surface area contributed by atoms with Crippen LogP contribution in [0.1, 0.15) is 25.7 Å². The minimum Gasteiger partial charge on any atom is -0.322 e. The fourth-order valence-electron chi connectivity index (χ4n) is 3.17. The van der Waals surface area contributed by atoms with Crippen LogP contribution in [-0.2, 0) is 5.66 Å². The third-order valence-corrected chi connectivity index (χ3v) is 4.60. The maximum Gasteiger partial charge on any atom is 0.549 e. The zero-order valence-corrected chi connectivity index (χ0v) is 13.6. The van der Waals surface area contributed by atoms with Crippen molar-refractivity contribution in [2.75, 3.05) is 13.1 Å². The van der Waals surface area contributed by atoms with Crippen LogP contribution in [0.2, 0.25) is 0 Å². The molecule has 1 aromatic heterocycles. The van der Waals surface area contributed by atoms with E-state index in [2.05, 4.69) is 10.1 Å². The van der Waals surface area contributed by atoms with E-state index in [1.165, 1.54) is 6.92 Å².